The zero-order valence-electron chi connectivity index (χ0n) is 20.9. The fourth-order valence-corrected chi connectivity index (χ4v) is 5.46. The summed E-state index contributed by atoms with van der Waals surface area (Å²) in [6.07, 6.45) is 8.70. The van der Waals surface area contributed by atoms with Crippen LogP contribution in [0.15, 0.2) is 73.2 Å². The predicted octanol–water partition coefficient (Wildman–Crippen LogP) is 4.73. The molecule has 5 heterocycles. The highest BCUT2D eigenvalue weighted by molar-refractivity contribution is 5.98. The average molecular weight is 505 g/mol. The van der Waals surface area contributed by atoms with Crippen LogP contribution in [0.25, 0.3) is 33.4 Å². The fraction of sp³-hybridized carbons (Fsp3) is 0.241. The van der Waals surface area contributed by atoms with Gasteiger partial charge >= 0.3 is 0 Å². The monoisotopic (exact) mass is 504 g/mol. The molecular weight excluding hydrogens is 476 g/mol. The second-order valence-electron chi connectivity index (χ2n) is 10.2. The van der Waals surface area contributed by atoms with E-state index in [4.69, 9.17) is 4.98 Å². The van der Waals surface area contributed by atoms with Crippen molar-refractivity contribution in [2.75, 3.05) is 25.0 Å². The van der Waals surface area contributed by atoms with Gasteiger partial charge in [0.05, 0.1) is 6.20 Å². The second kappa shape index (κ2) is 9.11. The number of anilines is 2. The minimum absolute atomic E-state index is 0.0677. The molecule has 7 rings (SSSR count). The summed E-state index contributed by atoms with van der Waals surface area (Å²) < 4.78 is 0. The number of amides is 1. The summed E-state index contributed by atoms with van der Waals surface area (Å²) in [5, 5.41) is 14.8. The van der Waals surface area contributed by atoms with E-state index < -0.39 is 0 Å². The third-order valence-electron chi connectivity index (χ3n) is 7.87. The molecule has 2 aliphatic heterocycles. The number of nitrogens with zero attached hydrogens (tertiary/aromatic N) is 4. The van der Waals surface area contributed by atoms with Crippen molar-refractivity contribution in [1.82, 2.24) is 35.4 Å². The third-order valence-corrected chi connectivity index (χ3v) is 7.87. The average Bonchev–Trinajstić information content (AvgIpc) is 3.63. The maximum absolute atomic E-state index is 13.2. The zero-order chi connectivity index (χ0) is 25.5. The highest BCUT2D eigenvalue weighted by Crippen LogP contribution is 2.32. The number of H-pyrrole nitrogens is 2. The lowest BCUT2D eigenvalue weighted by Crippen LogP contribution is -2.62. The van der Waals surface area contributed by atoms with E-state index >= 15 is 0 Å². The predicted molar refractivity (Wildman–Crippen MR) is 147 cm³/mol. The molecule has 2 fully saturated rings. The molecule has 1 amide bonds. The summed E-state index contributed by atoms with van der Waals surface area (Å²) >= 11 is 0. The van der Waals surface area contributed by atoms with Crippen LogP contribution < -0.4 is 10.6 Å². The van der Waals surface area contributed by atoms with E-state index in [1.165, 1.54) is 6.42 Å². The van der Waals surface area contributed by atoms with Gasteiger partial charge in [0, 0.05) is 58.7 Å². The van der Waals surface area contributed by atoms with Crippen LogP contribution in [0.5, 0.6) is 0 Å². The van der Waals surface area contributed by atoms with Gasteiger partial charge in [0.1, 0.15) is 11.5 Å². The number of benzene rings is 2. The molecule has 4 N–H and O–H groups in total. The summed E-state index contributed by atoms with van der Waals surface area (Å²) in [6.45, 7) is 2.69. The number of aromatic nitrogens is 5. The van der Waals surface area contributed by atoms with Gasteiger partial charge in [-0.3, -0.25) is 9.89 Å². The molecule has 190 valence electrons. The van der Waals surface area contributed by atoms with E-state index in [0.717, 1.165) is 65.8 Å². The molecule has 9 nitrogen and oxygen atoms in total. The Kier molecular flexibility index (Phi) is 5.44. The van der Waals surface area contributed by atoms with Crippen molar-refractivity contribution in [1.29, 1.82) is 0 Å². The van der Waals surface area contributed by atoms with Crippen LogP contribution >= 0.6 is 0 Å². The van der Waals surface area contributed by atoms with Crippen LogP contribution in [-0.4, -0.2) is 61.1 Å². The van der Waals surface area contributed by atoms with Gasteiger partial charge in [-0.2, -0.15) is 5.10 Å². The van der Waals surface area contributed by atoms with Crippen molar-refractivity contribution >= 4 is 28.3 Å². The summed E-state index contributed by atoms with van der Waals surface area (Å²) in [5.74, 6) is 1.39. The van der Waals surface area contributed by atoms with Crippen molar-refractivity contribution in [3.8, 4) is 22.5 Å². The number of rotatable bonds is 5. The van der Waals surface area contributed by atoms with Crippen LogP contribution in [0.2, 0.25) is 0 Å². The number of piperidine rings is 1. The molecule has 0 atom stereocenters. The number of hydrogen-bond donors (Lipinski definition) is 4. The van der Waals surface area contributed by atoms with Crippen LogP contribution in [0.3, 0.4) is 0 Å². The third kappa shape index (κ3) is 4.20. The van der Waals surface area contributed by atoms with Crippen molar-refractivity contribution in [3.63, 3.8) is 0 Å². The lowest BCUT2D eigenvalue weighted by molar-refractivity contribution is 0.0536. The first-order chi connectivity index (χ1) is 18.6. The molecule has 0 radical (unpaired) electrons. The van der Waals surface area contributed by atoms with Gasteiger partial charge in [-0.05, 0) is 61.7 Å². The molecular formula is C29H28N8O. The molecule has 5 aromatic rings. The second-order valence-corrected chi connectivity index (χ2v) is 10.2. The van der Waals surface area contributed by atoms with E-state index in [2.05, 4.69) is 30.8 Å². The Labute approximate surface area is 219 Å². The van der Waals surface area contributed by atoms with Gasteiger partial charge in [-0.25, -0.2) is 9.97 Å². The van der Waals surface area contributed by atoms with Gasteiger partial charge in [0.2, 0.25) is 0 Å². The maximum Gasteiger partial charge on any atom is 0.270 e. The Morgan fingerprint density at radius 2 is 1.76 bits per heavy atom. The number of carbonyl (C=O) groups excluding carboxylic acids is 1. The van der Waals surface area contributed by atoms with Gasteiger partial charge in [0.15, 0.2) is 5.82 Å². The smallest absolute Gasteiger partial charge is 0.270 e. The van der Waals surface area contributed by atoms with Gasteiger partial charge in [0.25, 0.3) is 5.91 Å². The molecule has 0 unspecified atom stereocenters. The Morgan fingerprint density at radius 1 is 0.947 bits per heavy atom. The number of likely N-dealkylation sites (tertiary alicyclic amines) is 1. The zero-order valence-corrected chi connectivity index (χ0v) is 20.9. The Hall–Kier alpha value is -4.50. The highest BCUT2D eigenvalue weighted by atomic mass is 16.2. The van der Waals surface area contributed by atoms with Gasteiger partial charge in [-0.15, -0.1) is 0 Å². The molecule has 0 bridgehead atoms. The quantitative estimate of drug-likeness (QED) is 0.275. The van der Waals surface area contributed by atoms with E-state index in [1.807, 2.05) is 65.7 Å². The topological polar surface area (TPSA) is 115 Å². The van der Waals surface area contributed by atoms with Crippen molar-refractivity contribution < 1.29 is 4.79 Å². The molecule has 2 aromatic carbocycles. The first kappa shape index (κ1) is 22.7. The highest BCUT2D eigenvalue weighted by Gasteiger charge is 2.40. The first-order valence-electron chi connectivity index (χ1n) is 13.0. The summed E-state index contributed by atoms with van der Waals surface area (Å²) in [5.41, 5.74) is 5.75. The number of nitrogens with one attached hydrogen (secondary N) is 4. The van der Waals surface area contributed by atoms with E-state index in [9.17, 15) is 4.79 Å². The summed E-state index contributed by atoms with van der Waals surface area (Å²) in [6, 6.07) is 17.9. The number of hydrogen-bond acceptors (Lipinski definition) is 6. The number of carbonyl (C=O) groups is 1. The Balaban J connectivity index is 1.07. The minimum Gasteiger partial charge on any atom is -0.351 e. The standard InChI is InChI=1S/C29H28N8O/c38-28(37-13-9-29(10-14-37)8-12-31-29)25-15-20-1-2-21(16-24(20)35-25)27-30-11-7-26(36-27)34-23-5-3-19(4-6-23)22-17-32-33-18-22/h1-7,11,15-18,31,35H,8-10,12-14H2,(H,32,33)(H,30,34,36). The van der Waals surface area contributed by atoms with Crippen molar-refractivity contribution in [3.05, 3.63) is 78.9 Å². The maximum atomic E-state index is 13.2. The molecule has 38 heavy (non-hydrogen) atoms. The van der Waals surface area contributed by atoms with E-state index in [-0.39, 0.29) is 11.4 Å². The largest absolute Gasteiger partial charge is 0.351 e. The molecule has 9 heteroatoms. The molecule has 0 saturated carbocycles. The SMILES string of the molecule is O=C(c1cc2ccc(-c3nccc(Nc4ccc(-c5cn[nH]c5)cc4)n3)cc2[nH]1)N1CCC2(CCN2)CC1. The lowest BCUT2D eigenvalue weighted by atomic mass is 9.79. The number of aromatic amines is 2. The number of fused-ring (bicyclic) bond motifs is 1. The summed E-state index contributed by atoms with van der Waals surface area (Å²) in [4.78, 5) is 27.7. The van der Waals surface area contributed by atoms with Crippen LogP contribution in [0.4, 0.5) is 11.5 Å². The Morgan fingerprint density at radius 3 is 2.50 bits per heavy atom. The van der Waals surface area contributed by atoms with Gasteiger partial charge in [-0.1, -0.05) is 24.3 Å². The lowest BCUT2D eigenvalue weighted by Gasteiger charge is -2.48. The van der Waals surface area contributed by atoms with E-state index in [0.29, 0.717) is 17.3 Å². The Bertz CT molecular complexity index is 1590. The van der Waals surface area contributed by atoms with Crippen molar-refractivity contribution in [2.45, 2.75) is 24.8 Å². The normalized spacial score (nSPS) is 16.5. The first-order valence-corrected chi connectivity index (χ1v) is 13.0. The summed E-state index contributed by atoms with van der Waals surface area (Å²) in [7, 11) is 0. The van der Waals surface area contributed by atoms with Crippen molar-refractivity contribution in [2.24, 2.45) is 0 Å². The molecule has 2 aliphatic rings. The van der Waals surface area contributed by atoms with Crippen LogP contribution in [-0.2, 0) is 0 Å². The molecule has 2 saturated heterocycles. The molecule has 1 spiro atoms. The molecule has 0 aliphatic carbocycles. The van der Waals surface area contributed by atoms with Crippen LogP contribution in [0, 0.1) is 0 Å². The fourth-order valence-electron chi connectivity index (χ4n) is 5.46. The van der Waals surface area contributed by atoms with E-state index in [1.54, 1.807) is 12.4 Å². The minimum atomic E-state index is 0.0677. The van der Waals surface area contributed by atoms with Crippen LogP contribution in [0.1, 0.15) is 29.8 Å². The molecule has 3 aromatic heterocycles. The van der Waals surface area contributed by atoms with Gasteiger partial charge < -0.3 is 20.5 Å².